The van der Waals surface area contributed by atoms with Crippen molar-refractivity contribution in [2.75, 3.05) is 19.5 Å². The number of pyridine rings is 1. The number of rotatable bonds is 5. The Bertz CT molecular complexity index is 1120. The fourth-order valence-corrected chi connectivity index (χ4v) is 2.89. The molecule has 0 bridgehead atoms. The number of carbonyl (C=O) groups excluding carboxylic acids is 1. The Morgan fingerprint density at radius 2 is 1.71 bits per heavy atom. The number of hydrogen-bond acceptors (Lipinski definition) is 6. The first-order valence-corrected chi connectivity index (χ1v) is 8.53. The summed E-state index contributed by atoms with van der Waals surface area (Å²) in [6.07, 6.45) is 3.35. The lowest BCUT2D eigenvalue weighted by molar-refractivity contribution is 0.102. The quantitative estimate of drug-likeness (QED) is 0.564. The van der Waals surface area contributed by atoms with E-state index in [1.54, 1.807) is 48.8 Å². The Morgan fingerprint density at radius 1 is 1.00 bits per heavy atom. The van der Waals surface area contributed by atoms with Gasteiger partial charge in [0.15, 0.2) is 5.58 Å². The van der Waals surface area contributed by atoms with Crippen LogP contribution in [-0.2, 0) is 0 Å². The van der Waals surface area contributed by atoms with Crippen molar-refractivity contribution in [2.45, 2.75) is 0 Å². The number of benzene rings is 2. The van der Waals surface area contributed by atoms with Crippen LogP contribution in [0.15, 0.2) is 65.3 Å². The molecule has 4 aromatic rings. The summed E-state index contributed by atoms with van der Waals surface area (Å²) in [5.41, 5.74) is 3.00. The number of oxazole rings is 1. The third-order valence-corrected chi connectivity index (χ3v) is 4.23. The molecule has 0 aliphatic rings. The lowest BCUT2D eigenvalue weighted by atomic mass is 10.1. The van der Waals surface area contributed by atoms with Gasteiger partial charge in [0, 0.05) is 23.6 Å². The number of fused-ring (bicyclic) bond motifs is 1. The molecule has 0 saturated carbocycles. The van der Waals surface area contributed by atoms with Crippen LogP contribution in [0.3, 0.4) is 0 Å². The molecule has 4 rings (SSSR count). The molecule has 0 radical (unpaired) electrons. The Hall–Kier alpha value is -3.87. The number of carbonyl (C=O) groups is 1. The van der Waals surface area contributed by atoms with Crippen LogP contribution in [0.4, 0.5) is 5.69 Å². The van der Waals surface area contributed by atoms with Crippen LogP contribution in [0.1, 0.15) is 10.4 Å². The summed E-state index contributed by atoms with van der Waals surface area (Å²) in [4.78, 5) is 21.3. The highest BCUT2D eigenvalue weighted by Gasteiger charge is 2.19. The van der Waals surface area contributed by atoms with Gasteiger partial charge >= 0.3 is 0 Å². The Labute approximate surface area is 160 Å². The summed E-state index contributed by atoms with van der Waals surface area (Å²) in [6, 6.07) is 14.1. The van der Waals surface area contributed by atoms with E-state index in [1.165, 1.54) is 14.2 Å². The second kappa shape index (κ2) is 7.40. The fourth-order valence-electron chi connectivity index (χ4n) is 2.89. The first-order valence-electron chi connectivity index (χ1n) is 8.53. The molecule has 2 aromatic carbocycles. The van der Waals surface area contributed by atoms with Gasteiger partial charge in [0.25, 0.3) is 5.91 Å². The van der Waals surface area contributed by atoms with Gasteiger partial charge in [0.05, 0.1) is 14.2 Å². The summed E-state index contributed by atoms with van der Waals surface area (Å²) in [7, 11) is 3.02. The Morgan fingerprint density at radius 3 is 2.39 bits per heavy atom. The zero-order chi connectivity index (χ0) is 19.5. The van der Waals surface area contributed by atoms with Crippen LogP contribution in [0, 0.1) is 0 Å². The van der Waals surface area contributed by atoms with Crippen molar-refractivity contribution < 1.29 is 18.7 Å². The number of hydrogen-bond donors (Lipinski definition) is 1. The smallest absolute Gasteiger partial charge is 0.263 e. The topological polar surface area (TPSA) is 86.5 Å². The molecule has 0 fully saturated rings. The van der Waals surface area contributed by atoms with Gasteiger partial charge in [-0.3, -0.25) is 9.78 Å². The summed E-state index contributed by atoms with van der Waals surface area (Å²) >= 11 is 0. The molecule has 7 heteroatoms. The Kier molecular flexibility index (Phi) is 4.63. The maximum Gasteiger partial charge on any atom is 0.263 e. The van der Waals surface area contributed by atoms with Crippen molar-refractivity contribution in [3.8, 4) is 23.0 Å². The molecule has 0 aliphatic heterocycles. The monoisotopic (exact) mass is 375 g/mol. The second-order valence-electron chi connectivity index (χ2n) is 5.93. The van der Waals surface area contributed by atoms with E-state index in [1.807, 2.05) is 12.1 Å². The number of ether oxygens (including phenoxy) is 2. The molecule has 140 valence electrons. The maximum atomic E-state index is 12.8. The molecule has 2 aromatic heterocycles. The minimum atomic E-state index is -0.341. The van der Waals surface area contributed by atoms with Gasteiger partial charge in [-0.25, -0.2) is 4.98 Å². The molecular formula is C21H17N3O4. The minimum Gasteiger partial charge on any atom is -0.496 e. The van der Waals surface area contributed by atoms with E-state index >= 15 is 0 Å². The van der Waals surface area contributed by atoms with Crippen molar-refractivity contribution in [1.29, 1.82) is 0 Å². The normalized spacial score (nSPS) is 10.6. The van der Waals surface area contributed by atoms with Crippen molar-refractivity contribution in [1.82, 2.24) is 9.97 Å². The van der Waals surface area contributed by atoms with Gasteiger partial charge in [-0.1, -0.05) is 6.07 Å². The van der Waals surface area contributed by atoms with E-state index in [4.69, 9.17) is 13.9 Å². The molecule has 0 aliphatic carbocycles. The lowest BCUT2D eigenvalue weighted by Crippen LogP contribution is -2.14. The van der Waals surface area contributed by atoms with Crippen molar-refractivity contribution in [2.24, 2.45) is 0 Å². The van der Waals surface area contributed by atoms with Gasteiger partial charge < -0.3 is 19.2 Å². The minimum absolute atomic E-state index is 0.324. The number of amides is 1. The molecule has 7 nitrogen and oxygen atoms in total. The predicted octanol–water partition coefficient (Wildman–Crippen LogP) is 4.16. The molecule has 0 saturated heterocycles. The number of nitrogens with one attached hydrogen (secondary N) is 1. The lowest BCUT2D eigenvalue weighted by Gasteiger charge is -2.12. The summed E-state index contributed by atoms with van der Waals surface area (Å²) in [5.74, 6) is 1.01. The van der Waals surface area contributed by atoms with Crippen molar-refractivity contribution in [3.63, 3.8) is 0 Å². The molecule has 2 heterocycles. The first-order chi connectivity index (χ1) is 13.7. The van der Waals surface area contributed by atoms with E-state index < -0.39 is 0 Å². The highest BCUT2D eigenvalue weighted by atomic mass is 16.5. The average molecular weight is 375 g/mol. The molecule has 0 atom stereocenters. The van der Waals surface area contributed by atoms with Crippen LogP contribution in [0.2, 0.25) is 0 Å². The molecule has 1 amide bonds. The fraction of sp³-hybridized carbons (Fsp3) is 0.0952. The highest BCUT2D eigenvalue weighted by Crippen LogP contribution is 2.30. The maximum absolute atomic E-state index is 12.8. The average Bonchev–Trinajstić information content (AvgIpc) is 3.17. The zero-order valence-corrected chi connectivity index (χ0v) is 15.3. The highest BCUT2D eigenvalue weighted by molar-refractivity contribution is 6.08. The molecule has 28 heavy (non-hydrogen) atoms. The number of anilines is 1. The van der Waals surface area contributed by atoms with Gasteiger partial charge in [0.1, 0.15) is 22.6 Å². The van der Waals surface area contributed by atoms with Gasteiger partial charge in [-0.15, -0.1) is 0 Å². The third kappa shape index (κ3) is 3.25. The zero-order valence-electron chi connectivity index (χ0n) is 15.3. The van der Waals surface area contributed by atoms with E-state index in [0.29, 0.717) is 39.7 Å². The van der Waals surface area contributed by atoms with E-state index in [-0.39, 0.29) is 5.91 Å². The Balaban J connectivity index is 1.65. The van der Waals surface area contributed by atoms with Crippen LogP contribution in [-0.4, -0.2) is 30.1 Å². The van der Waals surface area contributed by atoms with Gasteiger partial charge in [-0.2, -0.15) is 0 Å². The number of aromatic nitrogens is 2. The van der Waals surface area contributed by atoms with Crippen LogP contribution in [0.5, 0.6) is 11.5 Å². The number of nitrogens with zero attached hydrogens (tertiary/aromatic N) is 2. The molecule has 0 spiro atoms. The van der Waals surface area contributed by atoms with Gasteiger partial charge in [-0.05, 0) is 42.5 Å². The number of methoxy groups -OCH3 is 2. The van der Waals surface area contributed by atoms with Crippen molar-refractivity contribution >= 4 is 22.7 Å². The van der Waals surface area contributed by atoms with E-state index in [9.17, 15) is 4.79 Å². The van der Waals surface area contributed by atoms with Crippen LogP contribution >= 0.6 is 0 Å². The van der Waals surface area contributed by atoms with Crippen LogP contribution < -0.4 is 14.8 Å². The first kappa shape index (κ1) is 17.5. The van der Waals surface area contributed by atoms with Crippen LogP contribution in [0.25, 0.3) is 22.6 Å². The largest absolute Gasteiger partial charge is 0.496 e. The summed E-state index contributed by atoms with van der Waals surface area (Å²) in [5, 5.41) is 2.86. The molecular weight excluding hydrogens is 358 g/mol. The molecule has 0 unspecified atom stereocenters. The second-order valence-corrected chi connectivity index (χ2v) is 5.93. The van der Waals surface area contributed by atoms with E-state index in [2.05, 4.69) is 15.3 Å². The van der Waals surface area contributed by atoms with Crippen molar-refractivity contribution in [3.05, 3.63) is 66.5 Å². The predicted molar refractivity (Wildman–Crippen MR) is 105 cm³/mol. The van der Waals surface area contributed by atoms with E-state index in [0.717, 1.165) is 5.56 Å². The SMILES string of the molecule is COc1cccc(OC)c1C(=O)Nc1ccc2oc(-c3ccncc3)nc2c1. The summed E-state index contributed by atoms with van der Waals surface area (Å²) in [6.45, 7) is 0. The molecule has 1 N–H and O–H groups in total. The summed E-state index contributed by atoms with van der Waals surface area (Å²) < 4.78 is 16.4. The standard InChI is InChI=1S/C21H17N3O4/c1-26-17-4-3-5-18(27-2)19(17)20(25)23-14-6-7-16-15(12-14)24-21(28-16)13-8-10-22-11-9-13/h3-12H,1-2H3,(H,23,25). The van der Waals surface area contributed by atoms with Gasteiger partial charge in [0.2, 0.25) is 5.89 Å². The third-order valence-electron chi connectivity index (χ3n) is 4.23.